The van der Waals surface area contributed by atoms with Gasteiger partial charge in [0.1, 0.15) is 13.2 Å². The van der Waals surface area contributed by atoms with Crippen LogP contribution in [-0.4, -0.2) is 53.2 Å². The lowest BCUT2D eigenvalue weighted by molar-refractivity contribution is -0.156. The van der Waals surface area contributed by atoms with Crippen LogP contribution in [0.1, 0.15) is 17.5 Å². The number of hydrazine groups is 1. The minimum Gasteiger partial charge on any atom is -0.467 e. The molecule has 164 valence electrons. The average Bonchev–Trinajstić information content (AvgIpc) is 2.81. The minimum atomic E-state index is -1.12. The molecule has 0 aromatic heterocycles. The number of esters is 1. The van der Waals surface area contributed by atoms with Crippen LogP contribution >= 0.6 is 11.6 Å². The van der Waals surface area contributed by atoms with Gasteiger partial charge in [-0.15, -0.1) is 11.6 Å². The number of hydrogen-bond donors (Lipinski definition) is 0. The summed E-state index contributed by atoms with van der Waals surface area (Å²) in [7, 11) is 1.20. The van der Waals surface area contributed by atoms with E-state index in [0.717, 1.165) is 21.1 Å². The van der Waals surface area contributed by atoms with Crippen LogP contribution in [0, 0.1) is 0 Å². The summed E-state index contributed by atoms with van der Waals surface area (Å²) in [6.07, 6.45) is -1.59. The van der Waals surface area contributed by atoms with Gasteiger partial charge >= 0.3 is 18.2 Å². The van der Waals surface area contributed by atoms with Crippen molar-refractivity contribution in [3.63, 3.8) is 0 Å². The molecule has 0 saturated carbocycles. The third kappa shape index (κ3) is 5.88. The van der Waals surface area contributed by atoms with Gasteiger partial charge in [0, 0.05) is 0 Å². The molecule has 1 heterocycles. The van der Waals surface area contributed by atoms with Gasteiger partial charge in [0.05, 0.1) is 19.0 Å². The number of ether oxygens (including phenoxy) is 3. The van der Waals surface area contributed by atoms with E-state index in [-0.39, 0.29) is 26.2 Å². The van der Waals surface area contributed by atoms with Crippen molar-refractivity contribution in [3.8, 4) is 0 Å². The number of halogens is 1. The molecule has 0 spiro atoms. The third-order valence-corrected chi connectivity index (χ3v) is 5.00. The molecule has 1 aliphatic heterocycles. The largest absolute Gasteiger partial charge is 0.467 e. The molecule has 2 aromatic rings. The van der Waals surface area contributed by atoms with Gasteiger partial charge in [-0.05, 0) is 17.5 Å². The second kappa shape index (κ2) is 10.7. The van der Waals surface area contributed by atoms with E-state index in [2.05, 4.69) is 0 Å². The standard InChI is InChI=1S/C22H23ClN2O6/c1-29-20(26)19-12-18(23)13-24(21(27)30-14-16-8-4-2-5-9-16)25(19)22(28)31-15-17-10-6-3-7-11-17/h2-11,18-19H,12-15H2,1H3/t18-,19+/m1/s1. The lowest BCUT2D eigenvalue weighted by atomic mass is 10.1. The number of methoxy groups -OCH3 is 1. The van der Waals surface area contributed by atoms with E-state index >= 15 is 0 Å². The lowest BCUT2D eigenvalue weighted by Gasteiger charge is -2.42. The third-order valence-electron chi connectivity index (χ3n) is 4.69. The van der Waals surface area contributed by atoms with Gasteiger partial charge in [0.2, 0.25) is 0 Å². The van der Waals surface area contributed by atoms with Crippen molar-refractivity contribution in [2.24, 2.45) is 0 Å². The summed E-state index contributed by atoms with van der Waals surface area (Å²) in [5, 5.41) is 1.35. The van der Waals surface area contributed by atoms with Crippen LogP contribution in [0.25, 0.3) is 0 Å². The van der Waals surface area contributed by atoms with Crippen LogP contribution in [0.2, 0.25) is 0 Å². The highest BCUT2D eigenvalue weighted by Gasteiger charge is 2.45. The molecule has 3 rings (SSSR count). The van der Waals surface area contributed by atoms with Gasteiger partial charge in [-0.2, -0.15) is 5.01 Å². The number of nitrogens with zero attached hydrogens (tertiary/aromatic N) is 2. The maximum atomic E-state index is 12.9. The number of hydrogen-bond acceptors (Lipinski definition) is 6. The highest BCUT2D eigenvalue weighted by atomic mass is 35.5. The quantitative estimate of drug-likeness (QED) is 0.395. The van der Waals surface area contributed by atoms with Crippen molar-refractivity contribution in [3.05, 3.63) is 71.8 Å². The molecule has 0 bridgehead atoms. The predicted octanol–water partition coefficient (Wildman–Crippen LogP) is 3.73. The molecule has 2 aromatic carbocycles. The first-order valence-electron chi connectivity index (χ1n) is 9.69. The van der Waals surface area contributed by atoms with Crippen molar-refractivity contribution in [1.29, 1.82) is 0 Å². The Balaban J connectivity index is 1.76. The predicted molar refractivity (Wildman–Crippen MR) is 112 cm³/mol. The summed E-state index contributed by atoms with van der Waals surface area (Å²) in [6, 6.07) is 17.0. The molecule has 0 N–H and O–H groups in total. The van der Waals surface area contributed by atoms with Crippen LogP contribution in [0.15, 0.2) is 60.7 Å². The Hall–Kier alpha value is -3.26. The molecule has 2 amide bonds. The Kier molecular flexibility index (Phi) is 7.72. The van der Waals surface area contributed by atoms with Gasteiger partial charge in [0.15, 0.2) is 6.04 Å². The van der Waals surface area contributed by atoms with Crippen molar-refractivity contribution in [2.45, 2.75) is 31.1 Å². The van der Waals surface area contributed by atoms with Gasteiger partial charge < -0.3 is 14.2 Å². The molecular weight excluding hydrogens is 424 g/mol. The summed E-state index contributed by atoms with van der Waals surface area (Å²) < 4.78 is 15.5. The van der Waals surface area contributed by atoms with Gasteiger partial charge in [0.25, 0.3) is 0 Å². The summed E-state index contributed by atoms with van der Waals surface area (Å²) in [5.74, 6) is -0.706. The normalized spacial score (nSPS) is 18.3. The number of rotatable bonds is 5. The zero-order chi connectivity index (χ0) is 22.2. The second-order valence-electron chi connectivity index (χ2n) is 6.88. The SMILES string of the molecule is COC(=O)[C@@H]1C[C@@H](Cl)CN(C(=O)OCc2ccccc2)N1C(=O)OCc1ccccc1. The zero-order valence-corrected chi connectivity index (χ0v) is 17.7. The molecule has 8 nitrogen and oxygen atoms in total. The Morgan fingerprint density at radius 3 is 1.94 bits per heavy atom. The fraction of sp³-hybridized carbons (Fsp3) is 0.318. The van der Waals surface area contributed by atoms with Crippen molar-refractivity contribution < 1.29 is 28.6 Å². The zero-order valence-electron chi connectivity index (χ0n) is 17.0. The smallest absolute Gasteiger partial charge is 0.430 e. The van der Waals surface area contributed by atoms with E-state index in [1.165, 1.54) is 7.11 Å². The Bertz CT molecular complexity index is 895. The summed E-state index contributed by atoms with van der Waals surface area (Å²) >= 11 is 6.28. The molecule has 0 unspecified atom stereocenters. The topological polar surface area (TPSA) is 85.4 Å². The first-order chi connectivity index (χ1) is 15.0. The van der Waals surface area contributed by atoms with E-state index in [1.807, 2.05) is 36.4 Å². The molecule has 0 radical (unpaired) electrons. The number of alkyl halides is 1. The van der Waals surface area contributed by atoms with Gasteiger partial charge in [-0.3, -0.25) is 0 Å². The van der Waals surface area contributed by atoms with E-state index in [1.54, 1.807) is 24.3 Å². The number of benzene rings is 2. The van der Waals surface area contributed by atoms with E-state index in [0.29, 0.717) is 0 Å². The van der Waals surface area contributed by atoms with Crippen LogP contribution in [-0.2, 0) is 32.2 Å². The van der Waals surface area contributed by atoms with Crippen LogP contribution in [0.3, 0.4) is 0 Å². The molecule has 1 fully saturated rings. The molecule has 1 saturated heterocycles. The minimum absolute atomic E-state index is 0.00107. The maximum absolute atomic E-state index is 12.9. The van der Waals surface area contributed by atoms with Crippen molar-refractivity contribution in [2.75, 3.05) is 13.7 Å². The van der Waals surface area contributed by atoms with E-state index in [9.17, 15) is 14.4 Å². The Morgan fingerprint density at radius 2 is 1.42 bits per heavy atom. The lowest BCUT2D eigenvalue weighted by Crippen LogP contribution is -2.63. The number of carbonyl (C=O) groups excluding carboxylic acids is 3. The first kappa shape index (κ1) is 22.4. The van der Waals surface area contributed by atoms with E-state index < -0.39 is 29.6 Å². The number of carbonyl (C=O) groups is 3. The summed E-state index contributed by atoms with van der Waals surface area (Å²) in [4.78, 5) is 38.0. The highest BCUT2D eigenvalue weighted by Crippen LogP contribution is 2.25. The molecule has 31 heavy (non-hydrogen) atoms. The number of amides is 2. The van der Waals surface area contributed by atoms with Crippen LogP contribution < -0.4 is 0 Å². The molecule has 9 heteroatoms. The van der Waals surface area contributed by atoms with Crippen molar-refractivity contribution in [1.82, 2.24) is 10.0 Å². The van der Waals surface area contributed by atoms with E-state index in [4.69, 9.17) is 25.8 Å². The maximum Gasteiger partial charge on any atom is 0.430 e. The Labute approximate surface area is 185 Å². The van der Waals surface area contributed by atoms with Gasteiger partial charge in [-0.1, -0.05) is 60.7 Å². The fourth-order valence-corrected chi connectivity index (χ4v) is 3.46. The molecule has 1 aliphatic rings. The van der Waals surface area contributed by atoms with Gasteiger partial charge in [-0.25, -0.2) is 19.4 Å². The summed E-state index contributed by atoms with van der Waals surface area (Å²) in [5.41, 5.74) is 1.54. The summed E-state index contributed by atoms with van der Waals surface area (Å²) in [6.45, 7) is -0.0523. The second-order valence-corrected chi connectivity index (χ2v) is 7.50. The molecular formula is C22H23ClN2O6. The van der Waals surface area contributed by atoms with Crippen molar-refractivity contribution >= 4 is 29.8 Å². The molecule has 2 atom stereocenters. The Morgan fingerprint density at radius 1 is 0.903 bits per heavy atom. The fourth-order valence-electron chi connectivity index (χ4n) is 3.16. The average molecular weight is 447 g/mol. The monoisotopic (exact) mass is 446 g/mol. The highest BCUT2D eigenvalue weighted by molar-refractivity contribution is 6.21. The first-order valence-corrected chi connectivity index (χ1v) is 10.1. The molecule has 0 aliphatic carbocycles. The van der Waals surface area contributed by atoms with Crippen LogP contribution in [0.5, 0.6) is 0 Å². The van der Waals surface area contributed by atoms with Crippen LogP contribution in [0.4, 0.5) is 9.59 Å².